The van der Waals surface area contributed by atoms with Crippen LogP contribution in [0.5, 0.6) is 0 Å². The molecule has 0 saturated heterocycles. The van der Waals surface area contributed by atoms with Crippen LogP contribution in [0.1, 0.15) is 54.9 Å². The van der Waals surface area contributed by atoms with Crippen LogP contribution >= 0.6 is 0 Å². The van der Waals surface area contributed by atoms with Crippen LogP contribution in [0.4, 0.5) is 0 Å². The van der Waals surface area contributed by atoms with Gasteiger partial charge >= 0.3 is 0 Å². The molecular weight excluding hydrogens is 298 g/mol. The predicted octanol–water partition coefficient (Wildman–Crippen LogP) is 5.20. The Morgan fingerprint density at radius 3 is 1.75 bits per heavy atom. The van der Waals surface area contributed by atoms with Crippen LogP contribution in [0.3, 0.4) is 0 Å². The van der Waals surface area contributed by atoms with Gasteiger partial charge in [-0.3, -0.25) is 4.79 Å². The Kier molecular flexibility index (Phi) is 2.88. The smallest absolute Gasteiger partial charge is 0.195 e. The summed E-state index contributed by atoms with van der Waals surface area (Å²) < 4.78 is 5.79. The van der Waals surface area contributed by atoms with Crippen LogP contribution in [0.25, 0.3) is 22.2 Å². The molecule has 1 aromatic heterocycles. The number of nitrogens with zero attached hydrogens (tertiary/aromatic N) is 1. The topological polar surface area (TPSA) is 43.1 Å². The molecule has 3 aromatic rings. The SMILES string of the molecule is Cc1c(C)c(C)c2c(c1C)C(=O)c1c(C)c(C)c(C)c3noc-2c13. The molecule has 0 bridgehead atoms. The highest BCUT2D eigenvalue weighted by Gasteiger charge is 2.35. The number of benzene rings is 2. The van der Waals surface area contributed by atoms with Crippen molar-refractivity contribution in [1.82, 2.24) is 5.16 Å². The van der Waals surface area contributed by atoms with Crippen LogP contribution < -0.4 is 0 Å². The van der Waals surface area contributed by atoms with Gasteiger partial charge in [-0.1, -0.05) is 5.16 Å². The molecule has 0 N–H and O–H groups in total. The normalized spacial score (nSPS) is 12.9. The van der Waals surface area contributed by atoms with E-state index in [-0.39, 0.29) is 5.78 Å². The van der Waals surface area contributed by atoms with Crippen molar-refractivity contribution in [2.75, 3.05) is 0 Å². The molecule has 3 heteroatoms. The fourth-order valence-corrected chi connectivity index (χ4v) is 4.07. The Morgan fingerprint density at radius 1 is 0.625 bits per heavy atom. The van der Waals surface area contributed by atoms with E-state index in [4.69, 9.17) is 4.52 Å². The summed E-state index contributed by atoms with van der Waals surface area (Å²) in [6.45, 7) is 14.4. The lowest BCUT2D eigenvalue weighted by atomic mass is 9.77. The largest absolute Gasteiger partial charge is 0.355 e. The van der Waals surface area contributed by atoms with E-state index in [2.05, 4.69) is 32.9 Å². The van der Waals surface area contributed by atoms with Gasteiger partial charge in [-0.25, -0.2) is 0 Å². The first-order chi connectivity index (χ1) is 11.3. The maximum atomic E-state index is 13.4. The summed E-state index contributed by atoms with van der Waals surface area (Å²) >= 11 is 0. The number of carbonyl (C=O) groups is 1. The molecule has 1 aliphatic rings. The molecule has 1 aliphatic carbocycles. The predicted molar refractivity (Wildman–Crippen MR) is 96.0 cm³/mol. The van der Waals surface area contributed by atoms with E-state index in [1.165, 1.54) is 11.1 Å². The third-order valence-electron chi connectivity index (χ3n) is 6.17. The number of hydrogen-bond donors (Lipinski definition) is 0. The fourth-order valence-electron chi connectivity index (χ4n) is 4.07. The zero-order valence-corrected chi connectivity index (χ0v) is 15.3. The lowest BCUT2D eigenvalue weighted by molar-refractivity contribution is 0.103. The van der Waals surface area contributed by atoms with Crippen LogP contribution in [0.15, 0.2) is 4.52 Å². The molecule has 0 atom stereocenters. The Balaban J connectivity index is 2.31. The molecular formula is C21H21NO2. The van der Waals surface area contributed by atoms with Crippen molar-refractivity contribution in [1.29, 1.82) is 0 Å². The molecule has 0 aliphatic heterocycles. The zero-order valence-electron chi connectivity index (χ0n) is 15.3. The minimum atomic E-state index is 0.106. The molecule has 1 heterocycles. The molecule has 4 rings (SSSR count). The monoisotopic (exact) mass is 319 g/mol. The average molecular weight is 319 g/mol. The summed E-state index contributed by atoms with van der Waals surface area (Å²) in [6.07, 6.45) is 0. The van der Waals surface area contributed by atoms with E-state index in [0.717, 1.165) is 61.2 Å². The second kappa shape index (κ2) is 4.56. The number of aryl methyl sites for hydroxylation is 1. The maximum absolute atomic E-state index is 13.4. The van der Waals surface area contributed by atoms with Crippen LogP contribution in [0, 0.1) is 48.5 Å². The maximum Gasteiger partial charge on any atom is 0.195 e. The van der Waals surface area contributed by atoms with Crippen LogP contribution in [-0.2, 0) is 0 Å². The van der Waals surface area contributed by atoms with E-state index in [0.29, 0.717) is 0 Å². The molecule has 0 fully saturated rings. The average Bonchev–Trinajstić information content (AvgIpc) is 2.98. The summed E-state index contributed by atoms with van der Waals surface area (Å²) in [7, 11) is 0. The number of rotatable bonds is 0. The Labute approximate surface area is 141 Å². The van der Waals surface area contributed by atoms with Crippen molar-refractivity contribution in [2.24, 2.45) is 0 Å². The summed E-state index contributed by atoms with van der Waals surface area (Å²) in [5.74, 6) is 0.861. The number of carbonyl (C=O) groups excluding carboxylic acids is 1. The molecule has 0 spiro atoms. The van der Waals surface area contributed by atoms with Gasteiger partial charge in [0.2, 0.25) is 0 Å². The second-order valence-corrected chi connectivity index (χ2v) is 7.06. The highest BCUT2D eigenvalue weighted by Crippen LogP contribution is 2.46. The first-order valence-electron chi connectivity index (χ1n) is 8.31. The number of hydrogen-bond acceptors (Lipinski definition) is 3. The molecule has 122 valence electrons. The first kappa shape index (κ1) is 15.1. The second-order valence-electron chi connectivity index (χ2n) is 7.06. The van der Waals surface area contributed by atoms with E-state index in [1.54, 1.807) is 0 Å². The standard InChI is InChI=1S/C21H21NO2/c1-8-9(2)13(6)17-15(11(8)4)20(23)16-12(5)10(3)14(7)19-18(16)21(17)24-22-19/h1-7H3. The zero-order chi connectivity index (χ0) is 17.5. The summed E-state index contributed by atoms with van der Waals surface area (Å²) in [4.78, 5) is 13.4. The van der Waals surface area contributed by atoms with Gasteiger partial charge < -0.3 is 4.52 Å². The molecule has 3 nitrogen and oxygen atoms in total. The minimum Gasteiger partial charge on any atom is -0.355 e. The third kappa shape index (κ3) is 1.52. The molecule has 0 unspecified atom stereocenters. The molecule has 0 amide bonds. The molecule has 0 radical (unpaired) electrons. The Morgan fingerprint density at radius 2 is 1.12 bits per heavy atom. The number of fused-ring (bicyclic) bond motifs is 2. The first-order valence-corrected chi connectivity index (χ1v) is 8.31. The minimum absolute atomic E-state index is 0.106. The van der Waals surface area contributed by atoms with Crippen molar-refractivity contribution in [3.63, 3.8) is 0 Å². The molecule has 0 saturated carbocycles. The molecule has 2 aromatic carbocycles. The van der Waals surface area contributed by atoms with E-state index < -0.39 is 0 Å². The summed E-state index contributed by atoms with van der Waals surface area (Å²) in [5.41, 5.74) is 11.1. The Hall–Kier alpha value is -2.42. The fraction of sp³-hybridized carbons (Fsp3) is 0.333. The van der Waals surface area contributed by atoms with Gasteiger partial charge in [0.25, 0.3) is 0 Å². The molecule has 24 heavy (non-hydrogen) atoms. The van der Waals surface area contributed by atoms with Gasteiger partial charge in [0.15, 0.2) is 11.5 Å². The van der Waals surface area contributed by atoms with E-state index >= 15 is 0 Å². The highest BCUT2D eigenvalue weighted by atomic mass is 16.5. The van der Waals surface area contributed by atoms with Gasteiger partial charge in [-0.05, 0) is 87.4 Å². The van der Waals surface area contributed by atoms with Crippen LogP contribution in [0.2, 0.25) is 0 Å². The van der Waals surface area contributed by atoms with Crippen LogP contribution in [-0.4, -0.2) is 10.9 Å². The summed E-state index contributed by atoms with van der Waals surface area (Å²) in [6, 6.07) is 0. The van der Waals surface area contributed by atoms with Crippen molar-refractivity contribution in [3.05, 3.63) is 50.1 Å². The van der Waals surface area contributed by atoms with Crippen molar-refractivity contribution in [3.8, 4) is 11.3 Å². The van der Waals surface area contributed by atoms with Crippen molar-refractivity contribution in [2.45, 2.75) is 48.5 Å². The van der Waals surface area contributed by atoms with Gasteiger partial charge in [0.1, 0.15) is 5.52 Å². The van der Waals surface area contributed by atoms with Crippen molar-refractivity contribution < 1.29 is 9.32 Å². The summed E-state index contributed by atoms with van der Waals surface area (Å²) in [5, 5.41) is 5.21. The number of ketones is 1. The van der Waals surface area contributed by atoms with Gasteiger partial charge in [-0.2, -0.15) is 0 Å². The highest BCUT2D eigenvalue weighted by molar-refractivity contribution is 6.27. The third-order valence-corrected chi connectivity index (χ3v) is 6.17. The lowest BCUT2D eigenvalue weighted by Gasteiger charge is -2.24. The van der Waals surface area contributed by atoms with E-state index in [9.17, 15) is 4.79 Å². The van der Waals surface area contributed by atoms with E-state index in [1.807, 2.05) is 20.8 Å². The number of aromatic nitrogens is 1. The van der Waals surface area contributed by atoms with Gasteiger partial charge in [0.05, 0.1) is 5.39 Å². The van der Waals surface area contributed by atoms with Gasteiger partial charge in [0, 0.05) is 16.7 Å². The van der Waals surface area contributed by atoms with Crippen molar-refractivity contribution >= 4 is 16.7 Å². The Bertz CT molecular complexity index is 1080. The van der Waals surface area contributed by atoms with Gasteiger partial charge in [-0.15, -0.1) is 0 Å². The lowest BCUT2D eigenvalue weighted by Crippen LogP contribution is -2.16. The quantitative estimate of drug-likeness (QED) is 0.447.